The maximum absolute atomic E-state index is 12.7. The Morgan fingerprint density at radius 3 is 2.17 bits per heavy atom. The van der Waals surface area contributed by atoms with Crippen LogP contribution in [0.5, 0.6) is 0 Å². The van der Waals surface area contributed by atoms with Crippen LogP contribution in [0.2, 0.25) is 0 Å². The molecular weight excluding hydrogens is 298 g/mol. The van der Waals surface area contributed by atoms with Crippen LogP contribution in [-0.2, 0) is 0 Å². The molecule has 0 aliphatic carbocycles. The quantitative estimate of drug-likeness (QED) is 0.722. The summed E-state index contributed by atoms with van der Waals surface area (Å²) in [4.78, 5) is 25.1. The summed E-state index contributed by atoms with van der Waals surface area (Å²) in [6.45, 7) is 1.93. The molecule has 0 bridgehead atoms. The molecule has 0 saturated carbocycles. The molecule has 0 aliphatic rings. The lowest BCUT2D eigenvalue weighted by atomic mass is 10.0. The number of benzene rings is 3. The van der Waals surface area contributed by atoms with E-state index in [2.05, 4.69) is 5.32 Å². The van der Waals surface area contributed by atoms with Crippen molar-refractivity contribution < 1.29 is 9.59 Å². The van der Waals surface area contributed by atoms with Gasteiger partial charge < -0.3 is 5.32 Å². The van der Waals surface area contributed by atoms with E-state index in [4.69, 9.17) is 0 Å². The lowest BCUT2D eigenvalue weighted by Crippen LogP contribution is -2.15. The number of nitrogens with one attached hydrogen (secondary N) is 1. The van der Waals surface area contributed by atoms with Crippen LogP contribution in [0.25, 0.3) is 0 Å². The number of rotatable bonds is 4. The van der Waals surface area contributed by atoms with Crippen LogP contribution in [-0.4, -0.2) is 11.7 Å². The van der Waals surface area contributed by atoms with Gasteiger partial charge in [0.1, 0.15) is 0 Å². The molecule has 3 aromatic rings. The second kappa shape index (κ2) is 6.92. The number of ketones is 1. The van der Waals surface area contributed by atoms with Gasteiger partial charge in [-0.1, -0.05) is 60.2 Å². The van der Waals surface area contributed by atoms with E-state index in [1.54, 1.807) is 42.5 Å². The average Bonchev–Trinajstić information content (AvgIpc) is 2.62. The maximum atomic E-state index is 12.7. The molecule has 3 aromatic carbocycles. The van der Waals surface area contributed by atoms with E-state index in [0.29, 0.717) is 22.4 Å². The third-order valence-corrected chi connectivity index (χ3v) is 3.74. The van der Waals surface area contributed by atoms with Crippen LogP contribution in [0.3, 0.4) is 0 Å². The van der Waals surface area contributed by atoms with Crippen LogP contribution in [0, 0.1) is 6.92 Å². The van der Waals surface area contributed by atoms with Gasteiger partial charge in [-0.25, -0.2) is 0 Å². The number of para-hydroxylation sites is 1. The second-order valence-electron chi connectivity index (χ2n) is 5.56. The van der Waals surface area contributed by atoms with Crippen molar-refractivity contribution in [3.63, 3.8) is 0 Å². The molecule has 24 heavy (non-hydrogen) atoms. The minimum absolute atomic E-state index is 0.115. The van der Waals surface area contributed by atoms with Crippen LogP contribution >= 0.6 is 0 Å². The topological polar surface area (TPSA) is 46.2 Å². The molecule has 0 fully saturated rings. The molecule has 0 aliphatic heterocycles. The first kappa shape index (κ1) is 15.7. The molecule has 0 unspecified atom stereocenters. The number of hydrogen-bond donors (Lipinski definition) is 1. The standard InChI is InChI=1S/C21H17NO2/c1-15-8-7-11-17(14-15)21(24)22-19-13-6-5-12-18(19)20(23)16-9-3-2-4-10-16/h2-14H,1H3,(H,22,24). The first-order chi connectivity index (χ1) is 11.6. The van der Waals surface area contributed by atoms with Gasteiger partial charge in [-0.3, -0.25) is 9.59 Å². The number of anilines is 1. The second-order valence-corrected chi connectivity index (χ2v) is 5.56. The zero-order chi connectivity index (χ0) is 16.9. The molecule has 0 radical (unpaired) electrons. The molecular formula is C21H17NO2. The Morgan fingerprint density at radius 1 is 0.750 bits per heavy atom. The van der Waals surface area contributed by atoms with Crippen LogP contribution in [0.1, 0.15) is 31.8 Å². The highest BCUT2D eigenvalue weighted by Gasteiger charge is 2.15. The van der Waals surface area contributed by atoms with Gasteiger partial charge in [-0.2, -0.15) is 0 Å². The molecule has 1 amide bonds. The summed E-state index contributed by atoms with van der Waals surface area (Å²) in [5.41, 5.74) is 3.16. The number of carbonyl (C=O) groups excluding carboxylic acids is 2. The summed E-state index contributed by atoms with van der Waals surface area (Å²) in [6, 6.07) is 23.4. The van der Waals surface area contributed by atoms with Gasteiger partial charge in [-0.05, 0) is 31.2 Å². The summed E-state index contributed by atoms with van der Waals surface area (Å²) < 4.78 is 0. The highest BCUT2D eigenvalue weighted by molar-refractivity contribution is 6.15. The Labute approximate surface area is 141 Å². The Kier molecular flexibility index (Phi) is 4.52. The minimum atomic E-state index is -0.230. The van der Waals surface area contributed by atoms with Gasteiger partial charge in [0.05, 0.1) is 5.69 Å². The molecule has 118 valence electrons. The largest absolute Gasteiger partial charge is 0.321 e. The maximum Gasteiger partial charge on any atom is 0.255 e. The summed E-state index contributed by atoms with van der Waals surface area (Å²) in [5.74, 6) is -0.345. The first-order valence-electron chi connectivity index (χ1n) is 7.72. The fourth-order valence-electron chi connectivity index (χ4n) is 2.52. The molecule has 0 aromatic heterocycles. The van der Waals surface area contributed by atoms with Crippen molar-refractivity contribution in [2.45, 2.75) is 6.92 Å². The van der Waals surface area contributed by atoms with Crippen LogP contribution in [0.4, 0.5) is 5.69 Å². The Bertz CT molecular complexity index is 885. The number of aryl methyl sites for hydroxylation is 1. The minimum Gasteiger partial charge on any atom is -0.321 e. The van der Waals surface area contributed by atoms with Crippen molar-refractivity contribution in [1.82, 2.24) is 0 Å². The van der Waals surface area contributed by atoms with Crippen molar-refractivity contribution in [1.29, 1.82) is 0 Å². The van der Waals surface area contributed by atoms with Gasteiger partial charge in [0.25, 0.3) is 5.91 Å². The Morgan fingerprint density at radius 2 is 1.42 bits per heavy atom. The monoisotopic (exact) mass is 315 g/mol. The molecule has 1 N–H and O–H groups in total. The molecule has 0 spiro atoms. The van der Waals surface area contributed by atoms with E-state index in [-0.39, 0.29) is 11.7 Å². The smallest absolute Gasteiger partial charge is 0.255 e. The lowest BCUT2D eigenvalue weighted by molar-refractivity contribution is 0.102. The zero-order valence-corrected chi connectivity index (χ0v) is 13.3. The van der Waals surface area contributed by atoms with Crippen LogP contribution < -0.4 is 5.32 Å². The lowest BCUT2D eigenvalue weighted by Gasteiger charge is -2.11. The summed E-state index contributed by atoms with van der Waals surface area (Å²) in [7, 11) is 0. The molecule has 3 nitrogen and oxygen atoms in total. The summed E-state index contributed by atoms with van der Waals surface area (Å²) >= 11 is 0. The van der Waals surface area contributed by atoms with Gasteiger partial charge in [0.15, 0.2) is 5.78 Å². The Hall–Kier alpha value is -3.20. The van der Waals surface area contributed by atoms with E-state index < -0.39 is 0 Å². The molecule has 0 saturated heterocycles. The van der Waals surface area contributed by atoms with E-state index >= 15 is 0 Å². The van der Waals surface area contributed by atoms with Crippen molar-refractivity contribution in [2.24, 2.45) is 0 Å². The Balaban J connectivity index is 1.90. The van der Waals surface area contributed by atoms with Gasteiger partial charge in [0.2, 0.25) is 0 Å². The highest BCUT2D eigenvalue weighted by atomic mass is 16.1. The highest BCUT2D eigenvalue weighted by Crippen LogP contribution is 2.20. The number of amides is 1. The van der Waals surface area contributed by atoms with Gasteiger partial charge in [-0.15, -0.1) is 0 Å². The van der Waals surface area contributed by atoms with Gasteiger partial charge in [0, 0.05) is 16.7 Å². The normalized spacial score (nSPS) is 10.2. The molecule has 0 atom stereocenters. The molecule has 3 rings (SSSR count). The molecule has 0 heterocycles. The SMILES string of the molecule is Cc1cccc(C(=O)Nc2ccccc2C(=O)c2ccccc2)c1. The fourth-order valence-corrected chi connectivity index (χ4v) is 2.52. The first-order valence-corrected chi connectivity index (χ1v) is 7.72. The summed E-state index contributed by atoms with van der Waals surface area (Å²) in [5, 5.41) is 2.84. The number of carbonyl (C=O) groups is 2. The van der Waals surface area contributed by atoms with Crippen molar-refractivity contribution in [2.75, 3.05) is 5.32 Å². The molecule has 3 heteroatoms. The van der Waals surface area contributed by atoms with E-state index in [1.165, 1.54) is 0 Å². The predicted octanol–water partition coefficient (Wildman–Crippen LogP) is 4.48. The summed E-state index contributed by atoms with van der Waals surface area (Å²) in [6.07, 6.45) is 0. The zero-order valence-electron chi connectivity index (χ0n) is 13.3. The van der Waals surface area contributed by atoms with E-state index in [0.717, 1.165) is 5.56 Å². The van der Waals surface area contributed by atoms with Crippen molar-refractivity contribution in [3.05, 3.63) is 101 Å². The van der Waals surface area contributed by atoms with E-state index in [1.807, 2.05) is 43.3 Å². The van der Waals surface area contributed by atoms with Crippen molar-refractivity contribution >= 4 is 17.4 Å². The van der Waals surface area contributed by atoms with Crippen LogP contribution in [0.15, 0.2) is 78.9 Å². The average molecular weight is 315 g/mol. The third-order valence-electron chi connectivity index (χ3n) is 3.74. The number of hydrogen-bond acceptors (Lipinski definition) is 2. The van der Waals surface area contributed by atoms with Gasteiger partial charge >= 0.3 is 0 Å². The fraction of sp³-hybridized carbons (Fsp3) is 0.0476. The van der Waals surface area contributed by atoms with E-state index in [9.17, 15) is 9.59 Å². The van der Waals surface area contributed by atoms with Crippen molar-refractivity contribution in [3.8, 4) is 0 Å². The predicted molar refractivity (Wildman–Crippen MR) is 95.4 cm³/mol. The third kappa shape index (κ3) is 3.41.